The van der Waals surface area contributed by atoms with Crippen LogP contribution < -0.4 is 5.32 Å². The van der Waals surface area contributed by atoms with Gasteiger partial charge in [-0.25, -0.2) is 0 Å². The monoisotopic (exact) mass is 206 g/mol. The number of amides is 2. The summed E-state index contributed by atoms with van der Waals surface area (Å²) in [4.78, 5) is 31.8. The van der Waals surface area contributed by atoms with Crippen LogP contribution in [0, 0.1) is 11.8 Å². The van der Waals surface area contributed by atoms with Gasteiger partial charge in [-0.05, 0) is 24.6 Å². The van der Waals surface area contributed by atoms with Gasteiger partial charge in [0.1, 0.15) is 0 Å². The zero-order valence-corrected chi connectivity index (χ0v) is 8.40. The van der Waals surface area contributed by atoms with Crippen LogP contribution in [0.15, 0.2) is 23.4 Å². The van der Waals surface area contributed by atoms with Gasteiger partial charge in [-0.15, -0.1) is 4.91 Å². The molecule has 78 valence electrons. The molecule has 0 aromatic heterocycles. The van der Waals surface area contributed by atoms with E-state index in [2.05, 4.69) is 10.5 Å². The summed E-state index contributed by atoms with van der Waals surface area (Å²) in [6.45, 7) is 3.15. The van der Waals surface area contributed by atoms with Crippen molar-refractivity contribution in [2.45, 2.75) is 13.8 Å². The highest BCUT2D eigenvalue weighted by atomic mass is 16.3. The molecule has 5 nitrogen and oxygen atoms in total. The van der Waals surface area contributed by atoms with Gasteiger partial charge in [-0.2, -0.15) is 0 Å². The van der Waals surface area contributed by atoms with Crippen LogP contribution in [0.3, 0.4) is 0 Å². The van der Waals surface area contributed by atoms with E-state index in [0.29, 0.717) is 5.69 Å². The molecule has 0 aliphatic heterocycles. The third-order valence-corrected chi connectivity index (χ3v) is 1.88. The second-order valence-electron chi connectivity index (χ2n) is 3.11. The van der Waals surface area contributed by atoms with Crippen LogP contribution in [0.4, 0.5) is 5.69 Å². The molecule has 0 heterocycles. The van der Waals surface area contributed by atoms with Crippen molar-refractivity contribution in [2.75, 3.05) is 5.32 Å². The van der Waals surface area contributed by atoms with Crippen LogP contribution in [-0.4, -0.2) is 11.8 Å². The molecule has 0 bridgehead atoms. The number of nitroso groups, excluding NO2 is 1. The molecule has 1 aromatic rings. The number of benzene rings is 1. The second kappa shape index (κ2) is 4.45. The Morgan fingerprint density at radius 1 is 1.33 bits per heavy atom. The van der Waals surface area contributed by atoms with E-state index >= 15 is 0 Å². The third kappa shape index (κ3) is 2.70. The van der Waals surface area contributed by atoms with Crippen LogP contribution in [0.2, 0.25) is 0 Å². The standard InChI is InChI=1S/C10H10N2O3/c1-6-3-4-8(10(14)12-15)5-9(6)11-7(2)13/h3-5H,1-2H3,(H,11,13). The summed E-state index contributed by atoms with van der Waals surface area (Å²) < 4.78 is 0. The number of rotatable bonds is 2. The quantitative estimate of drug-likeness (QED) is 0.750. The fourth-order valence-corrected chi connectivity index (χ4v) is 1.13. The summed E-state index contributed by atoms with van der Waals surface area (Å²) in [7, 11) is 0. The second-order valence-corrected chi connectivity index (χ2v) is 3.11. The average Bonchev–Trinajstić information content (AvgIpc) is 2.19. The number of nitrogens with one attached hydrogen (secondary N) is 1. The molecule has 15 heavy (non-hydrogen) atoms. The van der Waals surface area contributed by atoms with E-state index in [9.17, 15) is 14.5 Å². The van der Waals surface area contributed by atoms with E-state index in [0.717, 1.165) is 5.56 Å². The van der Waals surface area contributed by atoms with E-state index in [1.807, 2.05) is 0 Å². The first-order valence-electron chi connectivity index (χ1n) is 4.30. The summed E-state index contributed by atoms with van der Waals surface area (Å²) in [6.07, 6.45) is 0. The fraction of sp³-hybridized carbons (Fsp3) is 0.200. The number of anilines is 1. The Hall–Kier alpha value is -2.04. The van der Waals surface area contributed by atoms with Crippen molar-refractivity contribution in [2.24, 2.45) is 5.18 Å². The van der Waals surface area contributed by atoms with Crippen LogP contribution in [0.1, 0.15) is 22.8 Å². The van der Waals surface area contributed by atoms with Crippen molar-refractivity contribution in [3.63, 3.8) is 0 Å². The molecule has 0 spiro atoms. The largest absolute Gasteiger partial charge is 0.326 e. The predicted octanol–water partition coefficient (Wildman–Crippen LogP) is 1.86. The third-order valence-electron chi connectivity index (χ3n) is 1.88. The fourth-order valence-electron chi connectivity index (χ4n) is 1.13. The molecule has 0 radical (unpaired) electrons. The van der Waals surface area contributed by atoms with Gasteiger partial charge in [0.25, 0.3) is 0 Å². The predicted molar refractivity (Wildman–Crippen MR) is 55.6 cm³/mol. The molecule has 1 rings (SSSR count). The molecule has 0 fully saturated rings. The van der Waals surface area contributed by atoms with E-state index in [1.54, 1.807) is 13.0 Å². The molecule has 5 heteroatoms. The lowest BCUT2D eigenvalue weighted by Crippen LogP contribution is -2.08. The van der Waals surface area contributed by atoms with Gasteiger partial charge in [0.2, 0.25) is 5.91 Å². The lowest BCUT2D eigenvalue weighted by Gasteiger charge is -2.06. The number of aryl methyl sites for hydroxylation is 1. The Morgan fingerprint density at radius 3 is 2.53 bits per heavy atom. The van der Waals surface area contributed by atoms with Crippen molar-refractivity contribution >= 4 is 17.5 Å². The van der Waals surface area contributed by atoms with E-state index in [1.165, 1.54) is 19.1 Å². The van der Waals surface area contributed by atoms with Crippen molar-refractivity contribution < 1.29 is 9.59 Å². The van der Waals surface area contributed by atoms with Crippen molar-refractivity contribution in [3.8, 4) is 0 Å². The topological polar surface area (TPSA) is 75.6 Å². The van der Waals surface area contributed by atoms with Crippen molar-refractivity contribution in [1.82, 2.24) is 0 Å². The molecule has 0 aliphatic carbocycles. The molecular weight excluding hydrogens is 196 g/mol. The molecule has 0 unspecified atom stereocenters. The lowest BCUT2D eigenvalue weighted by molar-refractivity contribution is -0.114. The number of carbonyl (C=O) groups is 2. The molecular formula is C10H10N2O3. The summed E-state index contributed by atoms with van der Waals surface area (Å²) in [5.41, 5.74) is 1.49. The molecule has 2 amide bonds. The average molecular weight is 206 g/mol. The first kappa shape index (κ1) is 11.0. The first-order valence-corrected chi connectivity index (χ1v) is 4.30. The maximum Gasteiger partial charge on any atom is 0.316 e. The number of hydrogen-bond donors (Lipinski definition) is 1. The van der Waals surface area contributed by atoms with Gasteiger partial charge < -0.3 is 5.32 Å². The van der Waals surface area contributed by atoms with E-state index in [-0.39, 0.29) is 11.5 Å². The molecule has 0 atom stereocenters. The zero-order valence-electron chi connectivity index (χ0n) is 8.40. The van der Waals surface area contributed by atoms with Crippen LogP contribution in [-0.2, 0) is 4.79 Å². The number of hydrogen-bond acceptors (Lipinski definition) is 3. The Kier molecular flexibility index (Phi) is 3.28. The number of carbonyl (C=O) groups excluding carboxylic acids is 2. The minimum atomic E-state index is -0.846. The van der Waals surface area contributed by atoms with E-state index < -0.39 is 5.91 Å². The number of nitrogens with zero attached hydrogens (tertiary/aromatic N) is 1. The minimum Gasteiger partial charge on any atom is -0.326 e. The Labute approximate surface area is 86.5 Å². The van der Waals surface area contributed by atoms with Crippen molar-refractivity contribution in [3.05, 3.63) is 34.2 Å². The van der Waals surface area contributed by atoms with Crippen LogP contribution >= 0.6 is 0 Å². The van der Waals surface area contributed by atoms with Gasteiger partial charge in [-0.3, -0.25) is 9.59 Å². The minimum absolute atomic E-state index is 0.166. The smallest absolute Gasteiger partial charge is 0.316 e. The Balaban J connectivity index is 3.10. The zero-order chi connectivity index (χ0) is 11.4. The normalized spacial score (nSPS) is 9.47. The van der Waals surface area contributed by atoms with Gasteiger partial charge in [0.15, 0.2) is 0 Å². The molecule has 0 aliphatic rings. The summed E-state index contributed by atoms with van der Waals surface area (Å²) in [6, 6.07) is 4.56. The van der Waals surface area contributed by atoms with Gasteiger partial charge in [0, 0.05) is 23.4 Å². The van der Waals surface area contributed by atoms with Crippen LogP contribution in [0.5, 0.6) is 0 Å². The Morgan fingerprint density at radius 2 is 2.00 bits per heavy atom. The highest BCUT2D eigenvalue weighted by molar-refractivity contribution is 5.97. The van der Waals surface area contributed by atoms with Crippen LogP contribution in [0.25, 0.3) is 0 Å². The first-order chi connectivity index (χ1) is 7.04. The van der Waals surface area contributed by atoms with E-state index in [4.69, 9.17) is 0 Å². The maximum absolute atomic E-state index is 11.0. The lowest BCUT2D eigenvalue weighted by atomic mass is 10.1. The summed E-state index contributed by atoms with van der Waals surface area (Å²) in [5, 5.41) is 4.86. The van der Waals surface area contributed by atoms with Gasteiger partial charge in [-0.1, -0.05) is 6.07 Å². The Bertz CT molecular complexity index is 427. The molecule has 1 N–H and O–H groups in total. The molecule has 0 saturated carbocycles. The molecule has 0 saturated heterocycles. The molecule has 1 aromatic carbocycles. The summed E-state index contributed by atoms with van der Waals surface area (Å²) >= 11 is 0. The highest BCUT2D eigenvalue weighted by Crippen LogP contribution is 2.17. The SMILES string of the molecule is CC(=O)Nc1cc(C(=O)N=O)ccc1C. The maximum atomic E-state index is 11.0. The van der Waals surface area contributed by atoms with Crippen molar-refractivity contribution in [1.29, 1.82) is 0 Å². The summed E-state index contributed by atoms with van der Waals surface area (Å²) in [5.74, 6) is -1.08. The highest BCUT2D eigenvalue weighted by Gasteiger charge is 2.08. The van der Waals surface area contributed by atoms with Gasteiger partial charge >= 0.3 is 5.91 Å². The van der Waals surface area contributed by atoms with Gasteiger partial charge in [0.05, 0.1) is 0 Å².